The Morgan fingerprint density at radius 2 is 2.17 bits per heavy atom. The molecule has 24 heavy (non-hydrogen) atoms. The van der Waals surface area contributed by atoms with E-state index in [0.717, 1.165) is 48.9 Å². The molecule has 0 saturated heterocycles. The molecule has 0 aliphatic heterocycles. The van der Waals surface area contributed by atoms with Crippen LogP contribution >= 0.6 is 11.3 Å². The van der Waals surface area contributed by atoms with Crippen LogP contribution in [0.3, 0.4) is 0 Å². The van der Waals surface area contributed by atoms with Gasteiger partial charge < -0.3 is 10.6 Å². The molecule has 6 heteroatoms. The molecule has 0 atom stereocenters. The number of nitrogens with zero attached hydrogens (tertiary/aromatic N) is 2. The summed E-state index contributed by atoms with van der Waals surface area (Å²) < 4.78 is 13.1. The fourth-order valence-electron chi connectivity index (χ4n) is 2.31. The number of thiazole rings is 1. The van der Waals surface area contributed by atoms with Crippen LogP contribution < -0.4 is 10.6 Å². The number of hydrogen-bond donors (Lipinski definition) is 2. The van der Waals surface area contributed by atoms with Crippen molar-refractivity contribution in [2.45, 2.75) is 33.1 Å². The number of aliphatic imine (C=N–C) groups is 1. The second kappa shape index (κ2) is 10.0. The van der Waals surface area contributed by atoms with Crippen LogP contribution in [0.25, 0.3) is 0 Å². The molecule has 2 N–H and O–H groups in total. The van der Waals surface area contributed by atoms with E-state index in [9.17, 15) is 4.39 Å². The molecular weight excluding hydrogens is 323 g/mol. The third-order valence-electron chi connectivity index (χ3n) is 3.43. The van der Waals surface area contributed by atoms with Crippen molar-refractivity contribution in [3.63, 3.8) is 0 Å². The molecule has 4 nitrogen and oxygen atoms in total. The van der Waals surface area contributed by atoms with Crippen molar-refractivity contribution in [1.29, 1.82) is 0 Å². The number of hydrogen-bond acceptors (Lipinski definition) is 3. The molecule has 0 spiro atoms. The summed E-state index contributed by atoms with van der Waals surface area (Å²) in [6, 6.07) is 6.76. The quantitative estimate of drug-likeness (QED) is 0.437. The first kappa shape index (κ1) is 18.4. The van der Waals surface area contributed by atoms with Crippen LogP contribution in [0.15, 0.2) is 35.5 Å². The van der Waals surface area contributed by atoms with Crippen molar-refractivity contribution in [3.05, 3.63) is 51.7 Å². The fraction of sp³-hybridized carbons (Fsp3) is 0.444. The van der Waals surface area contributed by atoms with E-state index < -0.39 is 0 Å². The Morgan fingerprint density at radius 3 is 2.88 bits per heavy atom. The third-order valence-corrected chi connectivity index (χ3v) is 4.40. The predicted octanol–water partition coefficient (Wildman–Crippen LogP) is 3.32. The van der Waals surface area contributed by atoms with E-state index in [-0.39, 0.29) is 5.82 Å². The lowest BCUT2D eigenvalue weighted by Crippen LogP contribution is -2.38. The first-order chi connectivity index (χ1) is 11.7. The van der Waals surface area contributed by atoms with E-state index in [1.165, 1.54) is 10.9 Å². The number of aromatic nitrogens is 1. The molecule has 2 rings (SSSR count). The molecule has 1 aromatic heterocycles. The maximum absolute atomic E-state index is 13.1. The average Bonchev–Trinajstić information content (AvgIpc) is 2.97. The number of aryl methyl sites for hydroxylation is 2. The minimum absolute atomic E-state index is 0.177. The molecular formula is C18H25FN4S. The van der Waals surface area contributed by atoms with Gasteiger partial charge in [-0.1, -0.05) is 12.1 Å². The van der Waals surface area contributed by atoms with Gasteiger partial charge in [-0.3, -0.25) is 4.99 Å². The molecule has 1 heterocycles. The van der Waals surface area contributed by atoms with Gasteiger partial charge in [-0.25, -0.2) is 9.37 Å². The van der Waals surface area contributed by atoms with Crippen molar-refractivity contribution >= 4 is 17.3 Å². The second-order valence-corrected chi connectivity index (χ2v) is 6.85. The Hall–Kier alpha value is -1.95. The highest BCUT2D eigenvalue weighted by atomic mass is 32.1. The summed E-state index contributed by atoms with van der Waals surface area (Å²) >= 11 is 1.73. The third kappa shape index (κ3) is 6.66. The van der Waals surface area contributed by atoms with E-state index in [2.05, 4.69) is 27.5 Å². The van der Waals surface area contributed by atoms with Crippen LogP contribution in [0.5, 0.6) is 0 Å². The van der Waals surface area contributed by atoms with Gasteiger partial charge in [-0.05, 0) is 44.4 Å². The van der Waals surface area contributed by atoms with Crippen LogP contribution in [0.2, 0.25) is 0 Å². The van der Waals surface area contributed by atoms with Gasteiger partial charge in [-0.2, -0.15) is 0 Å². The molecule has 0 aliphatic rings. The molecule has 0 unspecified atom stereocenters. The Kier molecular flexibility index (Phi) is 7.68. The minimum Gasteiger partial charge on any atom is -0.357 e. The van der Waals surface area contributed by atoms with Crippen molar-refractivity contribution in [2.24, 2.45) is 4.99 Å². The molecule has 0 aliphatic carbocycles. The van der Waals surface area contributed by atoms with Crippen molar-refractivity contribution in [1.82, 2.24) is 15.6 Å². The van der Waals surface area contributed by atoms with Gasteiger partial charge in [0.05, 0.1) is 5.01 Å². The zero-order chi connectivity index (χ0) is 17.2. The lowest BCUT2D eigenvalue weighted by atomic mass is 10.1. The summed E-state index contributed by atoms with van der Waals surface area (Å²) in [6.45, 7) is 6.46. The van der Waals surface area contributed by atoms with Crippen LogP contribution in [0.1, 0.15) is 28.8 Å². The number of nitrogens with one attached hydrogen (secondary N) is 2. The van der Waals surface area contributed by atoms with Crippen LogP contribution in [-0.4, -0.2) is 30.6 Å². The summed E-state index contributed by atoms with van der Waals surface area (Å²) in [5.41, 5.74) is 1.02. The summed E-state index contributed by atoms with van der Waals surface area (Å²) in [5, 5.41) is 7.72. The number of benzene rings is 1. The topological polar surface area (TPSA) is 49.3 Å². The first-order valence-corrected chi connectivity index (χ1v) is 9.17. The van der Waals surface area contributed by atoms with Crippen molar-refractivity contribution in [2.75, 3.05) is 19.6 Å². The van der Waals surface area contributed by atoms with E-state index in [1.807, 2.05) is 19.2 Å². The highest BCUT2D eigenvalue weighted by Crippen LogP contribution is 2.11. The summed E-state index contributed by atoms with van der Waals surface area (Å²) in [6.07, 6.45) is 4.53. The van der Waals surface area contributed by atoms with Crippen LogP contribution in [0.4, 0.5) is 4.39 Å². The van der Waals surface area contributed by atoms with Crippen molar-refractivity contribution < 1.29 is 4.39 Å². The minimum atomic E-state index is -0.177. The number of halogens is 1. The predicted molar refractivity (Wildman–Crippen MR) is 99.3 cm³/mol. The molecule has 2 aromatic rings. The lowest BCUT2D eigenvalue weighted by molar-refractivity contribution is 0.624. The van der Waals surface area contributed by atoms with E-state index in [1.54, 1.807) is 23.5 Å². The van der Waals surface area contributed by atoms with Gasteiger partial charge in [0.2, 0.25) is 0 Å². The summed E-state index contributed by atoms with van der Waals surface area (Å²) in [5.74, 6) is 0.647. The van der Waals surface area contributed by atoms with Crippen LogP contribution in [0, 0.1) is 12.7 Å². The monoisotopic (exact) mass is 348 g/mol. The van der Waals surface area contributed by atoms with Gasteiger partial charge in [0, 0.05) is 37.1 Å². The van der Waals surface area contributed by atoms with Gasteiger partial charge in [0.1, 0.15) is 5.82 Å². The van der Waals surface area contributed by atoms with Gasteiger partial charge in [-0.15, -0.1) is 11.3 Å². The molecule has 1 aromatic carbocycles. The highest BCUT2D eigenvalue weighted by molar-refractivity contribution is 7.11. The normalized spacial score (nSPS) is 11.5. The molecule has 0 bridgehead atoms. The van der Waals surface area contributed by atoms with E-state index in [4.69, 9.17) is 0 Å². The maximum atomic E-state index is 13.1. The Balaban J connectivity index is 1.73. The molecule has 0 saturated carbocycles. The Bertz CT molecular complexity index is 654. The molecule has 0 radical (unpaired) electrons. The zero-order valence-electron chi connectivity index (χ0n) is 14.3. The standard InChI is InChI=1S/C18H25FN4S/c1-3-20-18(22-11-9-17-23-13-14(2)24-17)21-10-5-7-15-6-4-8-16(19)12-15/h4,6,8,12-13H,3,5,7,9-11H2,1-2H3,(H2,20,21,22). The smallest absolute Gasteiger partial charge is 0.191 e. The maximum Gasteiger partial charge on any atom is 0.191 e. The average molecular weight is 348 g/mol. The van der Waals surface area contributed by atoms with E-state index in [0.29, 0.717) is 6.54 Å². The fourth-order valence-corrected chi connectivity index (χ4v) is 3.10. The molecule has 0 amide bonds. The molecule has 130 valence electrons. The van der Waals surface area contributed by atoms with Gasteiger partial charge >= 0.3 is 0 Å². The zero-order valence-corrected chi connectivity index (χ0v) is 15.1. The number of rotatable bonds is 8. The summed E-state index contributed by atoms with van der Waals surface area (Å²) in [4.78, 5) is 10.2. The first-order valence-electron chi connectivity index (χ1n) is 8.35. The van der Waals surface area contributed by atoms with Gasteiger partial charge in [0.15, 0.2) is 5.96 Å². The second-order valence-electron chi connectivity index (χ2n) is 5.54. The van der Waals surface area contributed by atoms with E-state index >= 15 is 0 Å². The van der Waals surface area contributed by atoms with Gasteiger partial charge in [0.25, 0.3) is 0 Å². The summed E-state index contributed by atoms with van der Waals surface area (Å²) in [7, 11) is 0. The lowest BCUT2D eigenvalue weighted by Gasteiger charge is -2.10. The Labute approximate surface area is 147 Å². The van der Waals surface area contributed by atoms with Crippen molar-refractivity contribution in [3.8, 4) is 0 Å². The highest BCUT2D eigenvalue weighted by Gasteiger charge is 2.01. The number of guanidine groups is 1. The largest absolute Gasteiger partial charge is 0.357 e. The van der Waals surface area contributed by atoms with Crippen LogP contribution in [-0.2, 0) is 12.8 Å². The molecule has 0 fully saturated rings. The SMILES string of the molecule is CCNC(=NCCCc1cccc(F)c1)NCCc1ncc(C)s1. The Morgan fingerprint density at radius 1 is 1.29 bits per heavy atom.